The summed E-state index contributed by atoms with van der Waals surface area (Å²) in [6, 6.07) is 6.58. The number of anilines is 1. The minimum atomic E-state index is -0.318. The van der Waals surface area contributed by atoms with Crippen LogP contribution in [-0.2, 0) is 13.0 Å². The van der Waals surface area contributed by atoms with Gasteiger partial charge in [0.1, 0.15) is 5.82 Å². The third-order valence-corrected chi connectivity index (χ3v) is 4.78. The van der Waals surface area contributed by atoms with Gasteiger partial charge >= 0.3 is 0 Å². The molecule has 1 aliphatic rings. The molecule has 4 nitrogen and oxygen atoms in total. The minimum Gasteiger partial charge on any atom is -0.344 e. The van der Waals surface area contributed by atoms with E-state index in [1.807, 2.05) is 19.9 Å². The molecule has 1 aliphatic heterocycles. The average Bonchev–Trinajstić information content (AvgIpc) is 2.89. The van der Waals surface area contributed by atoms with E-state index in [2.05, 4.69) is 9.55 Å². The monoisotopic (exact) mass is 323 g/mol. The Morgan fingerprint density at radius 2 is 2.12 bits per heavy atom. The molecule has 1 amide bonds. The second-order valence-electron chi connectivity index (χ2n) is 6.10. The van der Waals surface area contributed by atoms with Crippen molar-refractivity contribution in [2.24, 2.45) is 0 Å². The highest BCUT2D eigenvalue weighted by molar-refractivity contribution is 6.16. The number of fused-ring (bicyclic) bond motifs is 3. The van der Waals surface area contributed by atoms with Crippen LogP contribution in [0.15, 0.2) is 36.7 Å². The lowest BCUT2D eigenvalue weighted by atomic mass is 10.0. The van der Waals surface area contributed by atoms with Crippen LogP contribution >= 0.6 is 0 Å². The fourth-order valence-corrected chi connectivity index (χ4v) is 3.66. The molecule has 0 saturated heterocycles. The molecule has 122 valence electrons. The number of halogens is 1. The van der Waals surface area contributed by atoms with Crippen LogP contribution in [0.4, 0.5) is 10.1 Å². The largest absolute Gasteiger partial charge is 0.344 e. The van der Waals surface area contributed by atoms with Crippen molar-refractivity contribution in [1.82, 2.24) is 9.55 Å². The van der Waals surface area contributed by atoms with Gasteiger partial charge < -0.3 is 9.47 Å². The maximum Gasteiger partial charge on any atom is 0.260 e. The highest BCUT2D eigenvalue weighted by Gasteiger charge is 2.32. The molecule has 2 aromatic heterocycles. The van der Waals surface area contributed by atoms with Crippen molar-refractivity contribution in [3.63, 3.8) is 0 Å². The zero-order valence-electron chi connectivity index (χ0n) is 13.7. The zero-order valence-corrected chi connectivity index (χ0v) is 13.7. The van der Waals surface area contributed by atoms with Gasteiger partial charge in [-0.25, -0.2) is 4.39 Å². The summed E-state index contributed by atoms with van der Waals surface area (Å²) in [6.07, 6.45) is 4.19. The molecule has 0 fully saturated rings. The van der Waals surface area contributed by atoms with Crippen LogP contribution in [0.3, 0.4) is 0 Å². The number of hydrogen-bond acceptors (Lipinski definition) is 2. The number of rotatable bonds is 2. The third-order valence-electron chi connectivity index (χ3n) is 4.78. The Bertz CT molecular complexity index is 961. The van der Waals surface area contributed by atoms with Crippen molar-refractivity contribution < 1.29 is 9.18 Å². The summed E-state index contributed by atoms with van der Waals surface area (Å²) in [5.74, 6) is -0.392. The van der Waals surface area contributed by atoms with Crippen molar-refractivity contribution in [2.45, 2.75) is 26.8 Å². The van der Waals surface area contributed by atoms with E-state index in [0.717, 1.165) is 35.4 Å². The van der Waals surface area contributed by atoms with E-state index in [0.29, 0.717) is 17.5 Å². The molecule has 0 N–H and O–H groups in total. The van der Waals surface area contributed by atoms with Crippen LogP contribution in [-0.4, -0.2) is 22.0 Å². The topological polar surface area (TPSA) is 38.1 Å². The quantitative estimate of drug-likeness (QED) is 0.721. The molecule has 0 aliphatic carbocycles. The molecule has 0 spiro atoms. The second kappa shape index (κ2) is 5.44. The maximum absolute atomic E-state index is 13.8. The summed E-state index contributed by atoms with van der Waals surface area (Å²) in [7, 11) is 0. The van der Waals surface area contributed by atoms with Crippen molar-refractivity contribution in [3.8, 4) is 0 Å². The first kappa shape index (κ1) is 14.9. The lowest BCUT2D eigenvalue weighted by molar-refractivity contribution is 0.0981. The number of pyridine rings is 1. The smallest absolute Gasteiger partial charge is 0.260 e. The first-order valence-corrected chi connectivity index (χ1v) is 8.15. The third kappa shape index (κ3) is 2.04. The number of carbonyl (C=O) groups is 1. The van der Waals surface area contributed by atoms with Crippen LogP contribution in [0.1, 0.15) is 28.5 Å². The van der Waals surface area contributed by atoms with Crippen LogP contribution in [0, 0.1) is 12.7 Å². The Labute approximate surface area is 139 Å². The summed E-state index contributed by atoms with van der Waals surface area (Å²) in [5, 5.41) is 0.697. The number of aryl methyl sites for hydroxylation is 2. The Kier molecular flexibility index (Phi) is 3.37. The molecular formula is C19H18FN3O. The molecule has 1 aromatic carbocycles. The van der Waals surface area contributed by atoms with Gasteiger partial charge in [-0.3, -0.25) is 9.78 Å². The average molecular weight is 323 g/mol. The highest BCUT2D eigenvalue weighted by atomic mass is 19.1. The van der Waals surface area contributed by atoms with Crippen molar-refractivity contribution in [3.05, 3.63) is 59.3 Å². The highest BCUT2D eigenvalue weighted by Crippen LogP contribution is 2.34. The summed E-state index contributed by atoms with van der Waals surface area (Å²) in [4.78, 5) is 19.1. The predicted molar refractivity (Wildman–Crippen MR) is 91.9 cm³/mol. The van der Waals surface area contributed by atoms with Crippen molar-refractivity contribution in [1.29, 1.82) is 0 Å². The molecule has 0 atom stereocenters. The zero-order chi connectivity index (χ0) is 16.8. The maximum atomic E-state index is 13.8. The summed E-state index contributed by atoms with van der Waals surface area (Å²) < 4.78 is 15.9. The van der Waals surface area contributed by atoms with Crippen molar-refractivity contribution in [2.75, 3.05) is 11.4 Å². The molecule has 5 heteroatoms. The first-order valence-electron chi connectivity index (χ1n) is 8.15. The van der Waals surface area contributed by atoms with Gasteiger partial charge in [0.05, 0.1) is 17.4 Å². The molecule has 0 radical (unpaired) electrons. The molecule has 3 heterocycles. The van der Waals surface area contributed by atoms with Gasteiger partial charge in [0, 0.05) is 42.3 Å². The molecule has 3 aromatic rings. The Hall–Kier alpha value is -2.69. The minimum absolute atomic E-state index is 0.0739. The van der Waals surface area contributed by atoms with Gasteiger partial charge in [0.2, 0.25) is 0 Å². The molecular weight excluding hydrogens is 305 g/mol. The van der Waals surface area contributed by atoms with Crippen LogP contribution in [0.25, 0.3) is 10.9 Å². The van der Waals surface area contributed by atoms with E-state index in [4.69, 9.17) is 0 Å². The van der Waals surface area contributed by atoms with Crippen LogP contribution in [0.2, 0.25) is 0 Å². The normalized spacial score (nSPS) is 14.3. The number of aromatic nitrogens is 2. The second-order valence-corrected chi connectivity index (χ2v) is 6.10. The van der Waals surface area contributed by atoms with E-state index in [1.165, 1.54) is 12.1 Å². The number of hydrogen-bond donors (Lipinski definition) is 0. The van der Waals surface area contributed by atoms with Gasteiger partial charge in [-0.2, -0.15) is 0 Å². The first-order chi connectivity index (χ1) is 11.6. The van der Waals surface area contributed by atoms with E-state index in [9.17, 15) is 9.18 Å². The molecule has 0 unspecified atom stereocenters. The lowest BCUT2D eigenvalue weighted by Gasteiger charge is -2.28. The predicted octanol–water partition coefficient (Wildman–Crippen LogP) is 3.71. The van der Waals surface area contributed by atoms with Crippen LogP contribution < -0.4 is 4.90 Å². The molecule has 0 bridgehead atoms. The Morgan fingerprint density at radius 3 is 2.88 bits per heavy atom. The Morgan fingerprint density at radius 1 is 1.29 bits per heavy atom. The van der Waals surface area contributed by atoms with Gasteiger partial charge in [-0.05, 0) is 43.7 Å². The standard InChI is InChI=1S/C19H18FN3O/c1-3-22-15-5-4-13(20)10-14(15)18-16(22)7-9-23(19(18)24)17-11-21-8-6-12(17)2/h4-6,8,10-11H,3,7,9H2,1-2H3. The van der Waals surface area contributed by atoms with Gasteiger partial charge in [0.15, 0.2) is 0 Å². The van der Waals surface area contributed by atoms with Gasteiger partial charge in [-0.1, -0.05) is 0 Å². The molecule has 4 rings (SSSR count). The molecule has 0 saturated carbocycles. The fourth-order valence-electron chi connectivity index (χ4n) is 3.66. The fraction of sp³-hybridized carbons (Fsp3) is 0.263. The van der Waals surface area contributed by atoms with E-state index in [-0.39, 0.29) is 11.7 Å². The van der Waals surface area contributed by atoms with E-state index in [1.54, 1.807) is 23.4 Å². The number of benzene rings is 1. The Balaban J connectivity index is 1.93. The SMILES string of the molecule is CCn1c2c(c3cc(F)ccc31)C(=O)N(c1cnccc1C)CC2. The van der Waals surface area contributed by atoms with E-state index >= 15 is 0 Å². The summed E-state index contributed by atoms with van der Waals surface area (Å²) in [6.45, 7) is 5.38. The number of carbonyl (C=O) groups excluding carboxylic acids is 1. The van der Waals surface area contributed by atoms with Gasteiger partial charge in [0.25, 0.3) is 5.91 Å². The van der Waals surface area contributed by atoms with Crippen molar-refractivity contribution >= 4 is 22.5 Å². The number of nitrogens with zero attached hydrogens (tertiary/aromatic N) is 3. The van der Waals surface area contributed by atoms with E-state index < -0.39 is 0 Å². The van der Waals surface area contributed by atoms with Gasteiger partial charge in [-0.15, -0.1) is 0 Å². The number of amides is 1. The lowest BCUT2D eigenvalue weighted by Crippen LogP contribution is -2.38. The van der Waals surface area contributed by atoms with Crippen LogP contribution in [0.5, 0.6) is 0 Å². The molecule has 24 heavy (non-hydrogen) atoms. The summed E-state index contributed by atoms with van der Waals surface area (Å²) >= 11 is 0. The summed E-state index contributed by atoms with van der Waals surface area (Å²) in [5.41, 5.74) is 4.37.